The Bertz CT molecular complexity index is 1120. The molecule has 3 rings (SSSR count). The summed E-state index contributed by atoms with van der Waals surface area (Å²) in [6, 6.07) is 22.5. The average molecular weight is 475 g/mol. The van der Waals surface area contributed by atoms with E-state index in [1.165, 1.54) is 24.7 Å². The molecule has 1 N–H and O–H groups in total. The zero-order chi connectivity index (χ0) is 22.3. The van der Waals surface area contributed by atoms with Gasteiger partial charge >= 0.3 is 0 Å². The molecule has 0 fully saturated rings. The van der Waals surface area contributed by atoms with E-state index >= 15 is 0 Å². The van der Waals surface area contributed by atoms with Crippen molar-refractivity contribution < 1.29 is 13.2 Å². The molecular weight excluding hydrogens is 452 g/mol. The lowest BCUT2D eigenvalue weighted by Gasteiger charge is -2.22. The Morgan fingerprint density at radius 3 is 2.32 bits per heavy atom. The van der Waals surface area contributed by atoms with Crippen molar-refractivity contribution in [2.75, 3.05) is 23.7 Å². The van der Waals surface area contributed by atoms with Crippen LogP contribution < -0.4 is 9.62 Å². The lowest BCUT2D eigenvalue weighted by Crippen LogP contribution is -2.31. The highest BCUT2D eigenvalue weighted by Crippen LogP contribution is 2.25. The van der Waals surface area contributed by atoms with Crippen LogP contribution in [0.15, 0.2) is 83.8 Å². The van der Waals surface area contributed by atoms with Crippen molar-refractivity contribution in [2.45, 2.75) is 10.6 Å². The number of benzene rings is 3. The number of sulfonamides is 1. The van der Waals surface area contributed by atoms with E-state index in [4.69, 9.17) is 11.6 Å². The minimum atomic E-state index is -3.77. The van der Waals surface area contributed by atoms with E-state index in [2.05, 4.69) is 5.32 Å². The van der Waals surface area contributed by atoms with E-state index in [-0.39, 0.29) is 10.8 Å². The van der Waals surface area contributed by atoms with Gasteiger partial charge in [0.05, 0.1) is 16.1 Å². The molecule has 162 valence electrons. The summed E-state index contributed by atoms with van der Waals surface area (Å²) in [7, 11) is -2.32. The maximum atomic E-state index is 12.9. The predicted molar refractivity (Wildman–Crippen MR) is 128 cm³/mol. The van der Waals surface area contributed by atoms with E-state index < -0.39 is 10.0 Å². The Balaban J connectivity index is 1.61. The quantitative estimate of drug-likeness (QED) is 0.451. The smallest absolute Gasteiger partial charge is 0.264 e. The molecule has 3 aromatic carbocycles. The molecule has 0 saturated heterocycles. The molecule has 1 amide bonds. The summed E-state index contributed by atoms with van der Waals surface area (Å²) in [5, 5.41) is 3.59. The largest absolute Gasteiger partial charge is 0.351 e. The van der Waals surface area contributed by atoms with Gasteiger partial charge in [0.25, 0.3) is 15.9 Å². The number of nitrogens with one attached hydrogen (secondary N) is 1. The van der Waals surface area contributed by atoms with E-state index in [0.717, 1.165) is 15.8 Å². The molecule has 0 bridgehead atoms. The Morgan fingerprint density at radius 2 is 1.61 bits per heavy atom. The number of anilines is 1. The molecule has 0 aliphatic rings. The molecule has 0 saturated carbocycles. The van der Waals surface area contributed by atoms with Crippen molar-refractivity contribution in [1.29, 1.82) is 0 Å². The summed E-state index contributed by atoms with van der Waals surface area (Å²) in [5.41, 5.74) is 1.81. The second kappa shape index (κ2) is 10.7. The maximum absolute atomic E-state index is 12.9. The van der Waals surface area contributed by atoms with E-state index in [1.807, 2.05) is 24.3 Å². The van der Waals surface area contributed by atoms with E-state index in [1.54, 1.807) is 54.2 Å². The summed E-state index contributed by atoms with van der Waals surface area (Å²) < 4.78 is 27.0. The highest BCUT2D eigenvalue weighted by molar-refractivity contribution is 7.98. The summed E-state index contributed by atoms with van der Waals surface area (Å²) in [4.78, 5) is 12.9. The fourth-order valence-electron chi connectivity index (χ4n) is 2.92. The van der Waals surface area contributed by atoms with Crippen LogP contribution in [0, 0.1) is 0 Å². The van der Waals surface area contributed by atoms with Gasteiger partial charge in [-0.05, 0) is 42.0 Å². The number of carbonyl (C=O) groups excluding carboxylic acids is 1. The lowest BCUT2D eigenvalue weighted by molar-refractivity contribution is 0.0957. The van der Waals surface area contributed by atoms with Gasteiger partial charge in [-0.2, -0.15) is 11.8 Å². The molecule has 31 heavy (non-hydrogen) atoms. The van der Waals surface area contributed by atoms with Gasteiger partial charge in [-0.3, -0.25) is 9.10 Å². The standard InChI is InChI=1S/C23H23ClN2O3S2/c1-26(31(28,29)20-7-3-2-4-8-20)22-10-6-5-9-21(22)23(27)25-15-16-30-17-18-11-13-19(24)14-12-18/h2-14H,15-17H2,1H3,(H,25,27). The molecule has 0 aromatic heterocycles. The minimum Gasteiger partial charge on any atom is -0.351 e. The highest BCUT2D eigenvalue weighted by atomic mass is 35.5. The van der Waals surface area contributed by atoms with Gasteiger partial charge in [0.15, 0.2) is 0 Å². The first kappa shape index (κ1) is 23.2. The van der Waals surface area contributed by atoms with Crippen LogP contribution in [0.4, 0.5) is 5.69 Å². The molecule has 3 aromatic rings. The van der Waals surface area contributed by atoms with Gasteiger partial charge in [-0.1, -0.05) is 54.1 Å². The van der Waals surface area contributed by atoms with Gasteiger partial charge in [-0.15, -0.1) is 0 Å². The fraction of sp³-hybridized carbons (Fsp3) is 0.174. The van der Waals surface area contributed by atoms with Crippen molar-refractivity contribution in [2.24, 2.45) is 0 Å². The molecule has 0 spiro atoms. The van der Waals surface area contributed by atoms with Crippen LogP contribution in [0.2, 0.25) is 5.02 Å². The number of hydrogen-bond acceptors (Lipinski definition) is 4. The summed E-state index contributed by atoms with van der Waals surface area (Å²) in [6.45, 7) is 0.473. The maximum Gasteiger partial charge on any atom is 0.264 e. The molecular formula is C23H23ClN2O3S2. The van der Waals surface area contributed by atoms with Gasteiger partial charge in [0, 0.05) is 30.1 Å². The number of thioether (sulfide) groups is 1. The highest BCUT2D eigenvalue weighted by Gasteiger charge is 2.24. The molecule has 0 aliphatic heterocycles. The van der Waals surface area contributed by atoms with Crippen molar-refractivity contribution in [1.82, 2.24) is 5.32 Å². The third kappa shape index (κ3) is 6.03. The number of halogens is 1. The summed E-state index contributed by atoms with van der Waals surface area (Å²) in [5.74, 6) is 1.24. The van der Waals surface area contributed by atoms with Crippen LogP contribution in [0.3, 0.4) is 0 Å². The third-order valence-electron chi connectivity index (χ3n) is 4.60. The topological polar surface area (TPSA) is 66.5 Å². The number of para-hydroxylation sites is 1. The van der Waals surface area contributed by atoms with Crippen LogP contribution >= 0.6 is 23.4 Å². The Labute approximate surface area is 192 Å². The van der Waals surface area contributed by atoms with E-state index in [9.17, 15) is 13.2 Å². The monoisotopic (exact) mass is 474 g/mol. The van der Waals surface area contributed by atoms with Crippen LogP contribution in [0.25, 0.3) is 0 Å². The number of rotatable bonds is 9. The molecule has 0 unspecified atom stereocenters. The van der Waals surface area contributed by atoms with Crippen molar-refractivity contribution in [3.63, 3.8) is 0 Å². The Hall–Kier alpha value is -2.48. The number of nitrogens with zero attached hydrogens (tertiary/aromatic N) is 1. The number of hydrogen-bond donors (Lipinski definition) is 1. The normalized spacial score (nSPS) is 11.2. The summed E-state index contributed by atoms with van der Waals surface area (Å²) >= 11 is 7.59. The van der Waals surface area contributed by atoms with Crippen LogP contribution in [0.5, 0.6) is 0 Å². The lowest BCUT2D eigenvalue weighted by atomic mass is 10.1. The average Bonchev–Trinajstić information content (AvgIpc) is 2.80. The third-order valence-corrected chi connectivity index (χ3v) is 7.67. The molecule has 0 aliphatic carbocycles. The van der Waals surface area contributed by atoms with Gasteiger partial charge in [0.1, 0.15) is 0 Å². The molecule has 0 atom stereocenters. The Kier molecular flexibility index (Phi) is 8.01. The minimum absolute atomic E-state index is 0.173. The van der Waals surface area contributed by atoms with Gasteiger partial charge < -0.3 is 5.32 Å². The van der Waals surface area contributed by atoms with Gasteiger partial charge in [-0.25, -0.2) is 8.42 Å². The SMILES string of the molecule is CN(c1ccccc1C(=O)NCCSCc1ccc(Cl)cc1)S(=O)(=O)c1ccccc1. The van der Waals surface area contributed by atoms with Crippen molar-refractivity contribution >= 4 is 45.0 Å². The van der Waals surface area contributed by atoms with Crippen molar-refractivity contribution in [3.8, 4) is 0 Å². The number of amides is 1. The zero-order valence-corrected chi connectivity index (χ0v) is 19.4. The first-order chi connectivity index (χ1) is 14.9. The molecule has 0 radical (unpaired) electrons. The predicted octanol–water partition coefficient (Wildman–Crippen LogP) is 4.83. The van der Waals surface area contributed by atoms with E-state index in [0.29, 0.717) is 22.8 Å². The molecule has 8 heteroatoms. The number of carbonyl (C=O) groups is 1. The summed E-state index contributed by atoms with van der Waals surface area (Å²) in [6.07, 6.45) is 0. The fourth-order valence-corrected chi connectivity index (χ4v) is 5.10. The second-order valence-corrected chi connectivity index (χ2v) is 10.2. The molecule has 5 nitrogen and oxygen atoms in total. The van der Waals surface area contributed by atoms with Crippen LogP contribution in [0.1, 0.15) is 15.9 Å². The van der Waals surface area contributed by atoms with Gasteiger partial charge in [0.2, 0.25) is 0 Å². The zero-order valence-electron chi connectivity index (χ0n) is 17.0. The second-order valence-electron chi connectivity index (χ2n) is 6.74. The van der Waals surface area contributed by atoms with Crippen molar-refractivity contribution in [3.05, 3.63) is 95.0 Å². The first-order valence-electron chi connectivity index (χ1n) is 9.63. The molecule has 0 heterocycles. The van der Waals surface area contributed by atoms with Crippen LogP contribution in [-0.4, -0.2) is 33.7 Å². The van der Waals surface area contributed by atoms with Crippen LogP contribution in [-0.2, 0) is 15.8 Å². The first-order valence-corrected chi connectivity index (χ1v) is 12.6. The Morgan fingerprint density at radius 1 is 0.968 bits per heavy atom.